The molecule has 1 aliphatic heterocycles. The summed E-state index contributed by atoms with van der Waals surface area (Å²) in [5.74, 6) is 2.28. The number of carbonyl (C=O) groups is 1. The molecule has 24 heavy (non-hydrogen) atoms. The van der Waals surface area contributed by atoms with E-state index in [1.54, 1.807) is 7.11 Å². The molecule has 0 fully saturated rings. The standard InChI is InChI=1S/C19H21NO4/c1-22-16-5-3-2-4-15(16)13-19(21)20-9-8-14-6-7-17-18(12-14)24-11-10-23-17/h2-7,12H,8-11,13H2,1H3,(H,20,21). The number of rotatable bonds is 6. The van der Waals surface area contributed by atoms with E-state index in [2.05, 4.69) is 5.32 Å². The average molecular weight is 327 g/mol. The van der Waals surface area contributed by atoms with Crippen LogP contribution in [0.5, 0.6) is 17.2 Å². The van der Waals surface area contributed by atoms with Crippen LogP contribution in [-0.4, -0.2) is 32.8 Å². The molecule has 1 N–H and O–H groups in total. The van der Waals surface area contributed by atoms with Gasteiger partial charge in [-0.1, -0.05) is 24.3 Å². The van der Waals surface area contributed by atoms with E-state index in [0.717, 1.165) is 34.8 Å². The minimum Gasteiger partial charge on any atom is -0.496 e. The number of fused-ring (bicyclic) bond motifs is 1. The summed E-state index contributed by atoms with van der Waals surface area (Å²) in [5.41, 5.74) is 1.99. The lowest BCUT2D eigenvalue weighted by atomic mass is 10.1. The zero-order valence-electron chi connectivity index (χ0n) is 13.7. The van der Waals surface area contributed by atoms with E-state index >= 15 is 0 Å². The van der Waals surface area contributed by atoms with Gasteiger partial charge < -0.3 is 19.5 Å². The smallest absolute Gasteiger partial charge is 0.224 e. The molecule has 126 valence electrons. The Morgan fingerprint density at radius 1 is 1.12 bits per heavy atom. The SMILES string of the molecule is COc1ccccc1CC(=O)NCCc1ccc2c(c1)OCCO2. The third kappa shape index (κ3) is 3.98. The average Bonchev–Trinajstić information content (AvgIpc) is 2.62. The Hall–Kier alpha value is -2.69. The van der Waals surface area contributed by atoms with Gasteiger partial charge in [0.2, 0.25) is 5.91 Å². The van der Waals surface area contributed by atoms with Crippen LogP contribution in [0.3, 0.4) is 0 Å². The molecule has 1 heterocycles. The van der Waals surface area contributed by atoms with Crippen molar-refractivity contribution in [1.29, 1.82) is 0 Å². The first-order valence-corrected chi connectivity index (χ1v) is 8.03. The van der Waals surface area contributed by atoms with Crippen LogP contribution in [0, 0.1) is 0 Å². The van der Waals surface area contributed by atoms with Crippen molar-refractivity contribution in [3.8, 4) is 17.2 Å². The number of para-hydroxylation sites is 1. The van der Waals surface area contributed by atoms with Gasteiger partial charge in [0, 0.05) is 12.1 Å². The Kier molecular flexibility index (Phi) is 5.21. The van der Waals surface area contributed by atoms with Crippen LogP contribution < -0.4 is 19.5 Å². The quantitative estimate of drug-likeness (QED) is 0.885. The van der Waals surface area contributed by atoms with Crippen molar-refractivity contribution >= 4 is 5.91 Å². The van der Waals surface area contributed by atoms with E-state index in [4.69, 9.17) is 14.2 Å². The van der Waals surface area contributed by atoms with Gasteiger partial charge in [-0.05, 0) is 30.2 Å². The second-order valence-electron chi connectivity index (χ2n) is 5.57. The van der Waals surface area contributed by atoms with Gasteiger partial charge in [0.1, 0.15) is 19.0 Å². The van der Waals surface area contributed by atoms with Crippen LogP contribution in [-0.2, 0) is 17.6 Å². The molecule has 5 nitrogen and oxygen atoms in total. The molecule has 2 aromatic carbocycles. The van der Waals surface area contributed by atoms with Crippen molar-refractivity contribution in [3.63, 3.8) is 0 Å². The molecule has 3 rings (SSSR count). The summed E-state index contributed by atoms with van der Waals surface area (Å²) < 4.78 is 16.3. The van der Waals surface area contributed by atoms with Crippen molar-refractivity contribution in [1.82, 2.24) is 5.32 Å². The highest BCUT2D eigenvalue weighted by Gasteiger charge is 2.12. The monoisotopic (exact) mass is 327 g/mol. The molecule has 0 atom stereocenters. The topological polar surface area (TPSA) is 56.8 Å². The lowest BCUT2D eigenvalue weighted by Crippen LogP contribution is -2.27. The fourth-order valence-electron chi connectivity index (χ4n) is 2.67. The number of methoxy groups -OCH3 is 1. The number of ether oxygens (including phenoxy) is 3. The zero-order valence-corrected chi connectivity index (χ0v) is 13.7. The molecule has 0 aliphatic carbocycles. The summed E-state index contributed by atoms with van der Waals surface area (Å²) in [4.78, 5) is 12.1. The summed E-state index contributed by atoms with van der Waals surface area (Å²) in [6, 6.07) is 13.4. The van der Waals surface area contributed by atoms with E-state index in [9.17, 15) is 4.79 Å². The summed E-state index contributed by atoms with van der Waals surface area (Å²) in [7, 11) is 1.61. The fraction of sp³-hybridized carbons (Fsp3) is 0.316. The second-order valence-corrected chi connectivity index (χ2v) is 5.57. The molecular formula is C19H21NO4. The number of amides is 1. The molecule has 0 saturated heterocycles. The van der Waals surface area contributed by atoms with Crippen LogP contribution in [0.1, 0.15) is 11.1 Å². The molecule has 5 heteroatoms. The number of benzene rings is 2. The van der Waals surface area contributed by atoms with Gasteiger partial charge in [0.05, 0.1) is 13.5 Å². The first-order valence-electron chi connectivity index (χ1n) is 8.03. The van der Waals surface area contributed by atoms with Crippen LogP contribution >= 0.6 is 0 Å². The van der Waals surface area contributed by atoms with Gasteiger partial charge in [0.15, 0.2) is 11.5 Å². The number of hydrogen-bond acceptors (Lipinski definition) is 4. The highest BCUT2D eigenvalue weighted by Crippen LogP contribution is 2.30. The minimum atomic E-state index is -0.0166. The summed E-state index contributed by atoms with van der Waals surface area (Å²) >= 11 is 0. The minimum absolute atomic E-state index is 0.0166. The molecule has 2 aromatic rings. The molecule has 0 spiro atoms. The molecule has 0 bridgehead atoms. The van der Waals surface area contributed by atoms with E-state index in [0.29, 0.717) is 26.2 Å². The van der Waals surface area contributed by atoms with Crippen LogP contribution in [0.15, 0.2) is 42.5 Å². The highest BCUT2D eigenvalue weighted by molar-refractivity contribution is 5.79. The molecule has 1 amide bonds. The highest BCUT2D eigenvalue weighted by atomic mass is 16.6. The molecule has 1 aliphatic rings. The maximum absolute atomic E-state index is 12.1. The number of nitrogens with one attached hydrogen (secondary N) is 1. The van der Waals surface area contributed by atoms with Crippen molar-refractivity contribution in [2.24, 2.45) is 0 Å². The normalized spacial score (nSPS) is 12.5. The van der Waals surface area contributed by atoms with Gasteiger partial charge in [-0.15, -0.1) is 0 Å². The number of carbonyl (C=O) groups excluding carboxylic acids is 1. The maximum Gasteiger partial charge on any atom is 0.224 e. The van der Waals surface area contributed by atoms with Crippen LogP contribution in [0.2, 0.25) is 0 Å². The predicted molar refractivity (Wildman–Crippen MR) is 90.8 cm³/mol. The molecular weight excluding hydrogens is 306 g/mol. The van der Waals surface area contributed by atoms with Crippen LogP contribution in [0.4, 0.5) is 0 Å². The molecule has 0 aromatic heterocycles. The number of hydrogen-bond donors (Lipinski definition) is 1. The summed E-state index contributed by atoms with van der Waals surface area (Å²) in [5, 5.41) is 2.94. The lowest BCUT2D eigenvalue weighted by Gasteiger charge is -2.18. The Morgan fingerprint density at radius 2 is 1.92 bits per heavy atom. The summed E-state index contributed by atoms with van der Waals surface area (Å²) in [6.45, 7) is 1.74. The molecule has 0 saturated carbocycles. The van der Waals surface area contributed by atoms with Crippen LogP contribution in [0.25, 0.3) is 0 Å². The van der Waals surface area contributed by atoms with E-state index in [1.807, 2.05) is 42.5 Å². The largest absolute Gasteiger partial charge is 0.496 e. The van der Waals surface area contributed by atoms with Gasteiger partial charge in [-0.2, -0.15) is 0 Å². The van der Waals surface area contributed by atoms with E-state index in [1.165, 1.54) is 0 Å². The zero-order chi connectivity index (χ0) is 16.8. The third-order valence-electron chi connectivity index (χ3n) is 3.89. The first kappa shape index (κ1) is 16.2. The first-order chi connectivity index (χ1) is 11.8. The van der Waals surface area contributed by atoms with Crippen molar-refractivity contribution in [3.05, 3.63) is 53.6 Å². The summed E-state index contributed by atoms with van der Waals surface area (Å²) in [6.07, 6.45) is 1.06. The Bertz CT molecular complexity index is 714. The Morgan fingerprint density at radius 3 is 2.75 bits per heavy atom. The van der Waals surface area contributed by atoms with Gasteiger partial charge in [-0.25, -0.2) is 0 Å². The van der Waals surface area contributed by atoms with E-state index in [-0.39, 0.29) is 5.91 Å². The predicted octanol–water partition coefficient (Wildman–Crippen LogP) is 2.37. The second kappa shape index (κ2) is 7.73. The van der Waals surface area contributed by atoms with Gasteiger partial charge in [-0.3, -0.25) is 4.79 Å². The Balaban J connectivity index is 1.50. The lowest BCUT2D eigenvalue weighted by molar-refractivity contribution is -0.120. The van der Waals surface area contributed by atoms with Crippen molar-refractivity contribution < 1.29 is 19.0 Å². The maximum atomic E-state index is 12.1. The third-order valence-corrected chi connectivity index (χ3v) is 3.89. The fourth-order valence-corrected chi connectivity index (χ4v) is 2.67. The molecule has 0 radical (unpaired) electrons. The van der Waals surface area contributed by atoms with Crippen molar-refractivity contribution in [2.75, 3.05) is 26.9 Å². The van der Waals surface area contributed by atoms with Gasteiger partial charge in [0.25, 0.3) is 0 Å². The van der Waals surface area contributed by atoms with Gasteiger partial charge >= 0.3 is 0 Å². The Labute approximate surface area is 141 Å². The molecule has 0 unspecified atom stereocenters. The van der Waals surface area contributed by atoms with E-state index < -0.39 is 0 Å². The van der Waals surface area contributed by atoms with Crippen molar-refractivity contribution in [2.45, 2.75) is 12.8 Å².